The van der Waals surface area contributed by atoms with Crippen LogP contribution in [0.3, 0.4) is 0 Å². The molecule has 2 aromatic rings. The van der Waals surface area contributed by atoms with Crippen molar-refractivity contribution in [2.24, 2.45) is 0 Å². The topological polar surface area (TPSA) is 52.1 Å². The Morgan fingerprint density at radius 2 is 2.12 bits per heavy atom. The Hall–Kier alpha value is -2.23. The highest BCUT2D eigenvalue weighted by molar-refractivity contribution is 5.88. The molecule has 4 nitrogen and oxygen atoms in total. The number of carbonyl (C=O) groups excluding carboxylic acids is 1. The van der Waals surface area contributed by atoms with E-state index in [0.29, 0.717) is 5.69 Å². The second kappa shape index (κ2) is 4.74. The van der Waals surface area contributed by atoms with Crippen molar-refractivity contribution in [3.05, 3.63) is 47.9 Å². The smallest absolute Gasteiger partial charge is 0.356 e. The van der Waals surface area contributed by atoms with E-state index in [2.05, 4.69) is 14.7 Å². The maximum atomic E-state index is 11.4. The lowest BCUT2D eigenvalue weighted by Gasteiger charge is -2.06. The number of pyridine rings is 2. The van der Waals surface area contributed by atoms with Gasteiger partial charge in [-0.2, -0.15) is 0 Å². The molecular formula is C13H12N2O2. The molecule has 0 bridgehead atoms. The number of aryl methyl sites for hydroxylation is 1. The van der Waals surface area contributed by atoms with Gasteiger partial charge in [-0.05, 0) is 30.7 Å². The Labute approximate surface area is 99.3 Å². The maximum absolute atomic E-state index is 11.4. The molecule has 17 heavy (non-hydrogen) atoms. The Balaban J connectivity index is 2.50. The highest BCUT2D eigenvalue weighted by Crippen LogP contribution is 2.21. The first-order chi connectivity index (χ1) is 8.22. The summed E-state index contributed by atoms with van der Waals surface area (Å²) in [6.45, 7) is 1.93. The van der Waals surface area contributed by atoms with E-state index >= 15 is 0 Å². The first-order valence-electron chi connectivity index (χ1n) is 5.18. The van der Waals surface area contributed by atoms with Gasteiger partial charge in [0.25, 0.3) is 0 Å². The fourth-order valence-electron chi connectivity index (χ4n) is 1.54. The van der Waals surface area contributed by atoms with Crippen LogP contribution in [-0.2, 0) is 4.74 Å². The minimum Gasteiger partial charge on any atom is -0.464 e. The van der Waals surface area contributed by atoms with E-state index in [0.717, 1.165) is 16.8 Å². The molecule has 0 aliphatic heterocycles. The standard InChI is InChI=1S/C13H12N2O2/c1-9-8-15-12(13(16)17-2)7-10(9)11-5-3-4-6-14-11/h3-8H,1-2H3. The van der Waals surface area contributed by atoms with Gasteiger partial charge >= 0.3 is 5.97 Å². The summed E-state index contributed by atoms with van der Waals surface area (Å²) >= 11 is 0. The molecule has 0 aliphatic rings. The van der Waals surface area contributed by atoms with Crippen molar-refractivity contribution in [3.63, 3.8) is 0 Å². The summed E-state index contributed by atoms with van der Waals surface area (Å²) < 4.78 is 4.65. The second-order valence-electron chi connectivity index (χ2n) is 3.59. The molecule has 2 rings (SSSR count). The highest BCUT2D eigenvalue weighted by Gasteiger charge is 2.11. The summed E-state index contributed by atoms with van der Waals surface area (Å²) in [5.74, 6) is -0.442. The van der Waals surface area contributed by atoms with E-state index in [9.17, 15) is 4.79 Å². The molecule has 2 aromatic heterocycles. The van der Waals surface area contributed by atoms with Crippen LogP contribution in [0.15, 0.2) is 36.7 Å². The Bertz CT molecular complexity index is 538. The molecular weight excluding hydrogens is 216 g/mol. The van der Waals surface area contributed by atoms with Crippen LogP contribution in [0.2, 0.25) is 0 Å². The van der Waals surface area contributed by atoms with Crippen molar-refractivity contribution in [1.82, 2.24) is 9.97 Å². The van der Waals surface area contributed by atoms with Crippen molar-refractivity contribution in [2.75, 3.05) is 7.11 Å². The van der Waals surface area contributed by atoms with Gasteiger partial charge in [0.1, 0.15) is 5.69 Å². The van der Waals surface area contributed by atoms with Gasteiger partial charge in [-0.1, -0.05) is 6.07 Å². The molecule has 0 aromatic carbocycles. The molecule has 0 radical (unpaired) electrons. The molecule has 0 atom stereocenters. The van der Waals surface area contributed by atoms with Crippen LogP contribution < -0.4 is 0 Å². The van der Waals surface area contributed by atoms with E-state index in [1.165, 1.54) is 7.11 Å². The van der Waals surface area contributed by atoms with Crippen LogP contribution in [0.5, 0.6) is 0 Å². The molecule has 0 unspecified atom stereocenters. The molecule has 0 N–H and O–H groups in total. The van der Waals surface area contributed by atoms with E-state index in [-0.39, 0.29) is 0 Å². The SMILES string of the molecule is COC(=O)c1cc(-c2ccccn2)c(C)cn1. The summed E-state index contributed by atoms with van der Waals surface area (Å²) in [4.78, 5) is 19.7. The molecule has 0 aliphatic carbocycles. The number of hydrogen-bond acceptors (Lipinski definition) is 4. The lowest BCUT2D eigenvalue weighted by molar-refractivity contribution is 0.0594. The third-order valence-corrected chi connectivity index (χ3v) is 2.44. The third-order valence-electron chi connectivity index (χ3n) is 2.44. The molecule has 0 fully saturated rings. The lowest BCUT2D eigenvalue weighted by atomic mass is 10.1. The molecule has 4 heteroatoms. The predicted octanol–water partition coefficient (Wildman–Crippen LogP) is 2.24. The number of aromatic nitrogens is 2. The molecule has 86 valence electrons. The summed E-state index contributed by atoms with van der Waals surface area (Å²) in [5, 5.41) is 0. The average Bonchev–Trinajstić information content (AvgIpc) is 2.39. The number of carbonyl (C=O) groups is 1. The number of rotatable bonds is 2. The molecule has 0 saturated carbocycles. The zero-order chi connectivity index (χ0) is 12.3. The van der Waals surface area contributed by atoms with E-state index in [1.807, 2.05) is 25.1 Å². The number of esters is 1. The van der Waals surface area contributed by atoms with Crippen molar-refractivity contribution in [2.45, 2.75) is 6.92 Å². The predicted molar refractivity (Wildman–Crippen MR) is 63.5 cm³/mol. The minimum atomic E-state index is -0.442. The molecule has 0 amide bonds. The Morgan fingerprint density at radius 1 is 1.29 bits per heavy atom. The van der Waals surface area contributed by atoms with Crippen LogP contribution in [0.4, 0.5) is 0 Å². The van der Waals surface area contributed by atoms with Crippen LogP contribution in [-0.4, -0.2) is 23.0 Å². The summed E-state index contributed by atoms with van der Waals surface area (Å²) in [6.07, 6.45) is 3.36. The third kappa shape index (κ3) is 2.30. The van der Waals surface area contributed by atoms with Gasteiger partial charge in [-0.3, -0.25) is 4.98 Å². The molecule has 0 spiro atoms. The van der Waals surface area contributed by atoms with Crippen LogP contribution in [0.25, 0.3) is 11.3 Å². The van der Waals surface area contributed by atoms with Crippen molar-refractivity contribution in [1.29, 1.82) is 0 Å². The van der Waals surface area contributed by atoms with Gasteiger partial charge in [0.2, 0.25) is 0 Å². The number of hydrogen-bond donors (Lipinski definition) is 0. The van der Waals surface area contributed by atoms with Crippen molar-refractivity contribution < 1.29 is 9.53 Å². The van der Waals surface area contributed by atoms with Gasteiger partial charge in [0.05, 0.1) is 12.8 Å². The van der Waals surface area contributed by atoms with E-state index < -0.39 is 5.97 Å². The van der Waals surface area contributed by atoms with Gasteiger partial charge in [0, 0.05) is 18.0 Å². The summed E-state index contributed by atoms with van der Waals surface area (Å²) in [5.41, 5.74) is 2.97. The zero-order valence-electron chi connectivity index (χ0n) is 9.68. The average molecular weight is 228 g/mol. The fourth-order valence-corrected chi connectivity index (χ4v) is 1.54. The van der Waals surface area contributed by atoms with Gasteiger partial charge in [0.15, 0.2) is 0 Å². The van der Waals surface area contributed by atoms with Crippen molar-refractivity contribution in [3.8, 4) is 11.3 Å². The normalized spacial score (nSPS) is 10.0. The van der Waals surface area contributed by atoms with E-state index in [1.54, 1.807) is 18.5 Å². The lowest BCUT2D eigenvalue weighted by Crippen LogP contribution is -2.05. The fraction of sp³-hybridized carbons (Fsp3) is 0.154. The van der Waals surface area contributed by atoms with Gasteiger partial charge in [-0.25, -0.2) is 9.78 Å². The zero-order valence-corrected chi connectivity index (χ0v) is 9.68. The van der Waals surface area contributed by atoms with Gasteiger partial charge < -0.3 is 4.74 Å². The quantitative estimate of drug-likeness (QED) is 0.740. The minimum absolute atomic E-state index is 0.291. The van der Waals surface area contributed by atoms with Crippen LogP contribution in [0, 0.1) is 6.92 Å². The van der Waals surface area contributed by atoms with E-state index in [4.69, 9.17) is 0 Å². The molecule has 0 saturated heterocycles. The van der Waals surface area contributed by atoms with Crippen LogP contribution in [0.1, 0.15) is 16.1 Å². The summed E-state index contributed by atoms with van der Waals surface area (Å²) in [6, 6.07) is 7.34. The monoisotopic (exact) mass is 228 g/mol. The second-order valence-corrected chi connectivity index (χ2v) is 3.59. The van der Waals surface area contributed by atoms with Crippen LogP contribution >= 0.6 is 0 Å². The number of methoxy groups -OCH3 is 1. The number of ether oxygens (including phenoxy) is 1. The Kier molecular flexibility index (Phi) is 3.14. The largest absolute Gasteiger partial charge is 0.464 e. The van der Waals surface area contributed by atoms with Crippen molar-refractivity contribution >= 4 is 5.97 Å². The Morgan fingerprint density at radius 3 is 2.76 bits per heavy atom. The molecule has 2 heterocycles. The highest BCUT2D eigenvalue weighted by atomic mass is 16.5. The summed E-state index contributed by atoms with van der Waals surface area (Å²) in [7, 11) is 1.34. The maximum Gasteiger partial charge on any atom is 0.356 e. The number of nitrogens with zero attached hydrogens (tertiary/aromatic N) is 2. The van der Waals surface area contributed by atoms with Gasteiger partial charge in [-0.15, -0.1) is 0 Å². The first kappa shape index (κ1) is 11.3. The first-order valence-corrected chi connectivity index (χ1v) is 5.18.